The van der Waals surface area contributed by atoms with Crippen molar-refractivity contribution >= 4 is 0 Å². The zero-order valence-electron chi connectivity index (χ0n) is 10.4. The minimum absolute atomic E-state index is 0.145. The van der Waals surface area contributed by atoms with Crippen molar-refractivity contribution in [3.05, 3.63) is 0 Å². The first-order valence-electron chi connectivity index (χ1n) is 5.99. The van der Waals surface area contributed by atoms with Gasteiger partial charge in [0.25, 0.3) is 0 Å². The number of methoxy groups -OCH3 is 1. The predicted octanol–water partition coefficient (Wildman–Crippen LogP) is 2.62. The SMILES string of the molecule is CCCC(C)(CC)N1C[C@@H](F)[C@H](OC)C1. The van der Waals surface area contributed by atoms with Crippen LogP contribution in [0, 0.1) is 0 Å². The van der Waals surface area contributed by atoms with Gasteiger partial charge in [-0.2, -0.15) is 0 Å². The van der Waals surface area contributed by atoms with Gasteiger partial charge in [-0.05, 0) is 19.8 Å². The van der Waals surface area contributed by atoms with Gasteiger partial charge in [0.15, 0.2) is 0 Å². The van der Waals surface area contributed by atoms with Gasteiger partial charge in [-0.1, -0.05) is 20.3 Å². The van der Waals surface area contributed by atoms with E-state index in [1.54, 1.807) is 7.11 Å². The van der Waals surface area contributed by atoms with Gasteiger partial charge >= 0.3 is 0 Å². The highest BCUT2D eigenvalue weighted by Crippen LogP contribution is 2.30. The molecule has 0 bridgehead atoms. The summed E-state index contributed by atoms with van der Waals surface area (Å²) in [7, 11) is 1.60. The van der Waals surface area contributed by atoms with Crippen molar-refractivity contribution < 1.29 is 9.13 Å². The number of halogens is 1. The Kier molecular flexibility index (Phi) is 4.53. The Morgan fingerprint density at radius 1 is 1.40 bits per heavy atom. The molecule has 1 heterocycles. The smallest absolute Gasteiger partial charge is 0.140 e. The van der Waals surface area contributed by atoms with Crippen molar-refractivity contribution in [3.8, 4) is 0 Å². The fourth-order valence-corrected chi connectivity index (χ4v) is 2.49. The summed E-state index contributed by atoms with van der Waals surface area (Å²) >= 11 is 0. The quantitative estimate of drug-likeness (QED) is 0.702. The van der Waals surface area contributed by atoms with Crippen molar-refractivity contribution in [3.63, 3.8) is 0 Å². The van der Waals surface area contributed by atoms with Crippen LogP contribution in [0.2, 0.25) is 0 Å². The van der Waals surface area contributed by atoms with Crippen LogP contribution >= 0.6 is 0 Å². The Labute approximate surface area is 92.8 Å². The molecular weight excluding hydrogens is 193 g/mol. The van der Waals surface area contributed by atoms with Gasteiger partial charge in [-0.15, -0.1) is 0 Å². The number of alkyl halides is 1. The minimum Gasteiger partial charge on any atom is -0.377 e. The zero-order chi connectivity index (χ0) is 11.5. The Balaban J connectivity index is 2.63. The Bertz CT molecular complexity index is 200. The molecule has 0 amide bonds. The lowest BCUT2D eigenvalue weighted by Gasteiger charge is -2.38. The molecule has 0 radical (unpaired) electrons. The molecule has 3 heteroatoms. The molecule has 15 heavy (non-hydrogen) atoms. The van der Waals surface area contributed by atoms with Crippen LogP contribution in [0.5, 0.6) is 0 Å². The molecule has 1 aliphatic rings. The average Bonchev–Trinajstić information content (AvgIpc) is 2.60. The summed E-state index contributed by atoms with van der Waals surface area (Å²) in [4.78, 5) is 2.26. The monoisotopic (exact) mass is 217 g/mol. The number of ether oxygens (including phenoxy) is 1. The number of rotatable bonds is 5. The van der Waals surface area contributed by atoms with E-state index in [1.165, 1.54) is 0 Å². The lowest BCUT2D eigenvalue weighted by atomic mass is 9.91. The summed E-state index contributed by atoms with van der Waals surface area (Å²) < 4.78 is 18.7. The Hall–Kier alpha value is -0.150. The second kappa shape index (κ2) is 5.26. The van der Waals surface area contributed by atoms with Gasteiger partial charge in [-0.25, -0.2) is 4.39 Å². The van der Waals surface area contributed by atoms with Crippen molar-refractivity contribution in [2.24, 2.45) is 0 Å². The average molecular weight is 217 g/mol. The fourth-order valence-electron chi connectivity index (χ4n) is 2.49. The molecule has 2 nitrogen and oxygen atoms in total. The molecule has 0 saturated carbocycles. The van der Waals surface area contributed by atoms with Crippen LogP contribution in [0.15, 0.2) is 0 Å². The number of likely N-dealkylation sites (tertiary alicyclic amines) is 1. The second-order valence-electron chi connectivity index (χ2n) is 4.80. The molecule has 0 aliphatic carbocycles. The maximum atomic E-state index is 13.6. The van der Waals surface area contributed by atoms with Crippen molar-refractivity contribution in [2.45, 2.75) is 57.8 Å². The molecule has 1 fully saturated rings. The molecule has 0 spiro atoms. The highest BCUT2D eigenvalue weighted by Gasteiger charge is 2.40. The predicted molar refractivity (Wildman–Crippen MR) is 60.9 cm³/mol. The number of hydrogen-bond donors (Lipinski definition) is 0. The van der Waals surface area contributed by atoms with Gasteiger partial charge in [-0.3, -0.25) is 4.90 Å². The zero-order valence-corrected chi connectivity index (χ0v) is 10.4. The van der Waals surface area contributed by atoms with Crippen molar-refractivity contribution in [2.75, 3.05) is 20.2 Å². The van der Waals surface area contributed by atoms with Gasteiger partial charge < -0.3 is 4.74 Å². The van der Waals surface area contributed by atoms with Gasteiger partial charge in [0.05, 0.1) is 0 Å². The lowest BCUT2D eigenvalue weighted by molar-refractivity contribution is 0.0537. The van der Waals surface area contributed by atoms with Crippen LogP contribution in [0.25, 0.3) is 0 Å². The summed E-state index contributed by atoms with van der Waals surface area (Å²) in [5.41, 5.74) is 0.145. The Morgan fingerprint density at radius 2 is 2.07 bits per heavy atom. The van der Waals surface area contributed by atoms with E-state index in [1.807, 2.05) is 0 Å². The number of hydrogen-bond acceptors (Lipinski definition) is 2. The summed E-state index contributed by atoms with van der Waals surface area (Å²) in [5.74, 6) is 0. The molecule has 1 saturated heterocycles. The third-order valence-electron chi connectivity index (χ3n) is 3.81. The van der Waals surface area contributed by atoms with Crippen LogP contribution in [-0.4, -0.2) is 42.9 Å². The van der Waals surface area contributed by atoms with Gasteiger partial charge in [0.1, 0.15) is 12.3 Å². The normalized spacial score (nSPS) is 31.8. The maximum Gasteiger partial charge on any atom is 0.140 e. The molecular formula is C12H24FNO. The summed E-state index contributed by atoms with van der Waals surface area (Å²) in [6.07, 6.45) is 2.30. The summed E-state index contributed by atoms with van der Waals surface area (Å²) in [5, 5.41) is 0. The standard InChI is InChI=1S/C12H24FNO/c1-5-7-12(3,6-2)14-8-10(13)11(9-14)15-4/h10-11H,5-9H2,1-4H3/t10-,11-,12?/m1/s1. The second-order valence-corrected chi connectivity index (χ2v) is 4.80. The molecule has 0 aromatic heterocycles. The van der Waals surface area contributed by atoms with Crippen LogP contribution in [0.1, 0.15) is 40.0 Å². The van der Waals surface area contributed by atoms with E-state index in [-0.39, 0.29) is 11.6 Å². The molecule has 90 valence electrons. The van der Waals surface area contributed by atoms with Crippen molar-refractivity contribution in [1.82, 2.24) is 4.90 Å². The number of nitrogens with zero attached hydrogens (tertiary/aromatic N) is 1. The van der Waals surface area contributed by atoms with Crippen LogP contribution in [-0.2, 0) is 4.74 Å². The molecule has 1 rings (SSSR count). The maximum absolute atomic E-state index is 13.6. The summed E-state index contributed by atoms with van der Waals surface area (Å²) in [6.45, 7) is 7.87. The van der Waals surface area contributed by atoms with E-state index in [4.69, 9.17) is 4.74 Å². The lowest BCUT2D eigenvalue weighted by Crippen LogP contribution is -2.45. The van der Waals surface area contributed by atoms with E-state index in [0.717, 1.165) is 25.8 Å². The first-order valence-corrected chi connectivity index (χ1v) is 5.99. The first kappa shape index (κ1) is 12.9. The third-order valence-corrected chi connectivity index (χ3v) is 3.81. The van der Waals surface area contributed by atoms with E-state index in [0.29, 0.717) is 6.54 Å². The van der Waals surface area contributed by atoms with E-state index in [9.17, 15) is 4.39 Å². The van der Waals surface area contributed by atoms with Gasteiger partial charge in [0.2, 0.25) is 0 Å². The van der Waals surface area contributed by atoms with Crippen LogP contribution in [0.3, 0.4) is 0 Å². The largest absolute Gasteiger partial charge is 0.377 e. The molecule has 0 aromatic carbocycles. The van der Waals surface area contributed by atoms with Crippen LogP contribution in [0.4, 0.5) is 4.39 Å². The van der Waals surface area contributed by atoms with Crippen molar-refractivity contribution in [1.29, 1.82) is 0 Å². The third kappa shape index (κ3) is 2.70. The highest BCUT2D eigenvalue weighted by atomic mass is 19.1. The summed E-state index contributed by atoms with van der Waals surface area (Å²) in [6, 6.07) is 0. The molecule has 3 atom stereocenters. The topological polar surface area (TPSA) is 12.5 Å². The Morgan fingerprint density at radius 3 is 2.47 bits per heavy atom. The highest BCUT2D eigenvalue weighted by molar-refractivity contribution is 4.94. The molecule has 1 unspecified atom stereocenters. The van der Waals surface area contributed by atoms with Crippen LogP contribution < -0.4 is 0 Å². The molecule has 0 N–H and O–H groups in total. The fraction of sp³-hybridized carbons (Fsp3) is 1.00. The van der Waals surface area contributed by atoms with E-state index in [2.05, 4.69) is 25.7 Å². The molecule has 1 aliphatic heterocycles. The molecule has 0 aromatic rings. The minimum atomic E-state index is -0.822. The first-order chi connectivity index (χ1) is 7.07. The van der Waals surface area contributed by atoms with E-state index < -0.39 is 6.17 Å². The van der Waals surface area contributed by atoms with E-state index >= 15 is 0 Å². The van der Waals surface area contributed by atoms with Gasteiger partial charge in [0, 0.05) is 25.7 Å².